The fourth-order valence-electron chi connectivity index (χ4n) is 2.66. The number of amidine groups is 1. The van der Waals surface area contributed by atoms with Crippen LogP contribution in [0.5, 0.6) is 5.75 Å². The third kappa shape index (κ3) is 7.32. The van der Waals surface area contributed by atoms with Crippen molar-refractivity contribution >= 4 is 34.7 Å². The largest absolute Gasteiger partial charge is 0.488 e. The second kappa shape index (κ2) is 11.1. The summed E-state index contributed by atoms with van der Waals surface area (Å²) in [5.74, 6) is 1.06. The third-order valence-corrected chi connectivity index (χ3v) is 5.29. The molecule has 0 heterocycles. The molecule has 0 saturated carbocycles. The van der Waals surface area contributed by atoms with Crippen LogP contribution in [-0.4, -0.2) is 11.4 Å². The molecule has 2 N–H and O–H groups in total. The molecule has 0 amide bonds. The van der Waals surface area contributed by atoms with Gasteiger partial charge in [0.05, 0.1) is 11.8 Å². The molecule has 0 aliphatic carbocycles. The SMILES string of the molecule is NC(=NN=Cc1cc(Cl)ccc1OCc1cccc(C(F)(F)F)c1)SCc1ccccc1. The lowest BCUT2D eigenvalue weighted by molar-refractivity contribution is -0.137. The predicted molar refractivity (Wildman–Crippen MR) is 124 cm³/mol. The second-order valence-electron chi connectivity index (χ2n) is 6.63. The maximum absolute atomic E-state index is 12.9. The summed E-state index contributed by atoms with van der Waals surface area (Å²) in [6.07, 6.45) is -2.98. The lowest BCUT2D eigenvalue weighted by Crippen LogP contribution is -2.06. The summed E-state index contributed by atoms with van der Waals surface area (Å²) in [7, 11) is 0. The van der Waals surface area contributed by atoms with Crippen molar-refractivity contribution in [2.24, 2.45) is 15.9 Å². The van der Waals surface area contributed by atoms with Crippen LogP contribution < -0.4 is 10.5 Å². The van der Waals surface area contributed by atoms with E-state index < -0.39 is 11.7 Å². The van der Waals surface area contributed by atoms with Crippen molar-refractivity contribution in [1.82, 2.24) is 0 Å². The number of halogens is 4. The molecule has 3 aromatic rings. The molecule has 4 nitrogen and oxygen atoms in total. The van der Waals surface area contributed by atoms with Crippen LogP contribution in [0.2, 0.25) is 5.02 Å². The van der Waals surface area contributed by atoms with E-state index in [0.29, 0.717) is 32.8 Å². The number of nitrogens with two attached hydrogens (primary N) is 1. The number of rotatable bonds is 7. The van der Waals surface area contributed by atoms with Crippen molar-refractivity contribution in [3.8, 4) is 5.75 Å². The van der Waals surface area contributed by atoms with E-state index in [2.05, 4.69) is 10.2 Å². The summed E-state index contributed by atoms with van der Waals surface area (Å²) in [4.78, 5) is 0. The zero-order chi connectivity index (χ0) is 23.0. The number of thioether (sulfide) groups is 1. The van der Waals surface area contributed by atoms with Gasteiger partial charge in [0.15, 0.2) is 5.17 Å². The Morgan fingerprint density at radius 1 is 1.00 bits per heavy atom. The summed E-state index contributed by atoms with van der Waals surface area (Å²) in [6.45, 7) is -0.0509. The van der Waals surface area contributed by atoms with Crippen LogP contribution in [0.15, 0.2) is 83.0 Å². The van der Waals surface area contributed by atoms with E-state index in [-0.39, 0.29) is 6.61 Å². The summed E-state index contributed by atoms with van der Waals surface area (Å²) < 4.78 is 44.4. The van der Waals surface area contributed by atoms with E-state index in [0.717, 1.165) is 17.7 Å². The second-order valence-corrected chi connectivity index (χ2v) is 8.06. The first-order valence-corrected chi connectivity index (χ1v) is 10.8. The average Bonchev–Trinajstić information content (AvgIpc) is 2.77. The Labute approximate surface area is 193 Å². The first-order chi connectivity index (χ1) is 15.3. The Hall–Kier alpha value is -2.97. The van der Waals surface area contributed by atoms with Gasteiger partial charge in [-0.2, -0.15) is 18.3 Å². The molecule has 0 unspecified atom stereocenters. The van der Waals surface area contributed by atoms with Gasteiger partial charge in [-0.25, -0.2) is 0 Å². The maximum atomic E-state index is 12.9. The Balaban J connectivity index is 1.66. The minimum atomic E-state index is -4.41. The first-order valence-electron chi connectivity index (χ1n) is 9.43. The van der Waals surface area contributed by atoms with Gasteiger partial charge in [-0.05, 0) is 41.5 Å². The summed E-state index contributed by atoms with van der Waals surface area (Å²) in [5.41, 5.74) is 7.18. The number of hydrogen-bond donors (Lipinski definition) is 1. The van der Waals surface area contributed by atoms with E-state index in [4.69, 9.17) is 22.1 Å². The number of nitrogens with zero attached hydrogens (tertiary/aromatic N) is 2. The van der Waals surface area contributed by atoms with E-state index in [9.17, 15) is 13.2 Å². The molecular weight excluding hydrogens is 459 g/mol. The number of alkyl halides is 3. The highest BCUT2D eigenvalue weighted by atomic mass is 35.5. The molecular formula is C23H19ClF3N3OS. The molecule has 0 aromatic heterocycles. The molecule has 0 spiro atoms. The van der Waals surface area contributed by atoms with Gasteiger partial charge in [-0.1, -0.05) is 65.8 Å². The highest BCUT2D eigenvalue weighted by Gasteiger charge is 2.30. The minimum absolute atomic E-state index is 0.0509. The maximum Gasteiger partial charge on any atom is 0.416 e. The molecule has 0 aliphatic heterocycles. The standard InChI is InChI=1S/C23H19ClF3N3OS/c24-20-9-10-21(31-14-17-7-4-8-19(11-17)23(25,26)27)18(12-20)13-29-30-22(28)32-15-16-5-2-1-3-6-16/h1-13H,14-15H2,(H2,28,30). The van der Waals surface area contributed by atoms with Gasteiger partial charge in [-0.15, -0.1) is 5.10 Å². The fourth-order valence-corrected chi connectivity index (χ4v) is 3.45. The Morgan fingerprint density at radius 2 is 1.75 bits per heavy atom. The zero-order valence-corrected chi connectivity index (χ0v) is 18.3. The minimum Gasteiger partial charge on any atom is -0.488 e. The van der Waals surface area contributed by atoms with E-state index in [1.165, 1.54) is 24.0 Å². The molecule has 0 radical (unpaired) electrons. The van der Waals surface area contributed by atoms with Crippen LogP contribution in [0, 0.1) is 0 Å². The van der Waals surface area contributed by atoms with Gasteiger partial charge in [0.1, 0.15) is 12.4 Å². The molecule has 166 valence electrons. The van der Waals surface area contributed by atoms with Crippen LogP contribution >= 0.6 is 23.4 Å². The summed E-state index contributed by atoms with van der Waals surface area (Å²) in [5, 5.41) is 8.69. The molecule has 3 rings (SSSR count). The van der Waals surface area contributed by atoms with E-state index in [1.54, 1.807) is 24.3 Å². The van der Waals surface area contributed by atoms with Crippen molar-refractivity contribution < 1.29 is 17.9 Å². The van der Waals surface area contributed by atoms with Gasteiger partial charge in [0.25, 0.3) is 0 Å². The normalized spacial score (nSPS) is 12.3. The van der Waals surface area contributed by atoms with Crippen LogP contribution in [0.25, 0.3) is 0 Å². The third-order valence-electron chi connectivity index (χ3n) is 4.20. The Bertz CT molecular complexity index is 1110. The van der Waals surface area contributed by atoms with E-state index in [1.807, 2.05) is 30.3 Å². The van der Waals surface area contributed by atoms with Crippen LogP contribution in [0.3, 0.4) is 0 Å². The van der Waals surface area contributed by atoms with Crippen molar-refractivity contribution in [1.29, 1.82) is 0 Å². The fraction of sp³-hybridized carbons (Fsp3) is 0.130. The lowest BCUT2D eigenvalue weighted by atomic mass is 10.1. The van der Waals surface area contributed by atoms with Crippen molar-refractivity contribution in [2.45, 2.75) is 18.5 Å². The number of ether oxygens (including phenoxy) is 1. The number of benzene rings is 3. The predicted octanol–water partition coefficient (Wildman–Crippen LogP) is 6.52. The van der Waals surface area contributed by atoms with Crippen molar-refractivity contribution in [2.75, 3.05) is 0 Å². The highest BCUT2D eigenvalue weighted by Crippen LogP contribution is 2.30. The highest BCUT2D eigenvalue weighted by molar-refractivity contribution is 8.13. The zero-order valence-electron chi connectivity index (χ0n) is 16.7. The van der Waals surface area contributed by atoms with Crippen molar-refractivity contribution in [3.05, 3.63) is 100 Å². The topological polar surface area (TPSA) is 60.0 Å². The molecule has 0 aliphatic rings. The smallest absolute Gasteiger partial charge is 0.416 e. The summed E-state index contributed by atoms with van der Waals surface area (Å²) >= 11 is 7.40. The molecule has 9 heteroatoms. The van der Waals surface area contributed by atoms with Gasteiger partial charge >= 0.3 is 6.18 Å². The number of hydrogen-bond acceptors (Lipinski definition) is 4. The lowest BCUT2D eigenvalue weighted by Gasteiger charge is -2.11. The average molecular weight is 478 g/mol. The van der Waals surface area contributed by atoms with E-state index >= 15 is 0 Å². The van der Waals surface area contributed by atoms with Crippen molar-refractivity contribution in [3.63, 3.8) is 0 Å². The van der Waals surface area contributed by atoms with Crippen LogP contribution in [0.4, 0.5) is 13.2 Å². The van der Waals surface area contributed by atoms with Gasteiger partial charge in [0, 0.05) is 16.3 Å². The Kier molecular flexibility index (Phi) is 8.19. The molecule has 32 heavy (non-hydrogen) atoms. The summed E-state index contributed by atoms with van der Waals surface area (Å²) in [6, 6.07) is 19.6. The molecule has 3 aromatic carbocycles. The van der Waals surface area contributed by atoms with Crippen LogP contribution in [-0.2, 0) is 18.5 Å². The molecule has 0 bridgehead atoms. The van der Waals surface area contributed by atoms with Gasteiger partial charge in [0.2, 0.25) is 0 Å². The van der Waals surface area contributed by atoms with Crippen LogP contribution in [0.1, 0.15) is 22.3 Å². The molecule has 0 saturated heterocycles. The first kappa shape index (κ1) is 23.7. The van der Waals surface area contributed by atoms with Gasteiger partial charge in [-0.3, -0.25) is 0 Å². The molecule has 0 fully saturated rings. The van der Waals surface area contributed by atoms with Gasteiger partial charge < -0.3 is 10.5 Å². The Morgan fingerprint density at radius 3 is 2.50 bits per heavy atom. The quantitative estimate of drug-likeness (QED) is 0.239. The monoisotopic (exact) mass is 477 g/mol. The molecule has 0 atom stereocenters.